The fourth-order valence-corrected chi connectivity index (χ4v) is 2.55. The maximum absolute atomic E-state index is 11.5. The molecule has 6 nitrogen and oxygen atoms in total. The van der Waals surface area contributed by atoms with Crippen molar-refractivity contribution in [1.29, 1.82) is 0 Å². The van der Waals surface area contributed by atoms with Gasteiger partial charge < -0.3 is 4.74 Å². The van der Waals surface area contributed by atoms with Crippen LogP contribution in [0, 0.1) is 0 Å². The van der Waals surface area contributed by atoms with Crippen LogP contribution in [-0.2, 0) is 4.74 Å². The normalized spacial score (nSPS) is 24.6. The number of cyclic esters (lactones) is 1. The summed E-state index contributed by atoms with van der Waals surface area (Å²) in [6, 6.07) is 0.316. The zero-order chi connectivity index (χ0) is 12.5. The van der Waals surface area contributed by atoms with Crippen molar-refractivity contribution < 1.29 is 9.53 Å². The Morgan fingerprint density at radius 2 is 2.28 bits per heavy atom. The van der Waals surface area contributed by atoms with Gasteiger partial charge in [0, 0.05) is 0 Å². The van der Waals surface area contributed by atoms with Crippen molar-refractivity contribution in [3.63, 3.8) is 0 Å². The second-order valence-electron chi connectivity index (χ2n) is 4.71. The summed E-state index contributed by atoms with van der Waals surface area (Å²) in [6.45, 7) is 2.06. The molecule has 0 aliphatic carbocycles. The highest BCUT2D eigenvalue weighted by molar-refractivity contribution is 5.87. The molecule has 0 N–H and O–H groups in total. The Hall–Kier alpha value is -1.69. The Kier molecular flexibility index (Phi) is 2.87. The highest BCUT2D eigenvalue weighted by atomic mass is 16.6. The molecule has 3 heterocycles. The number of likely N-dealkylation sites (tertiary alicyclic amines) is 1. The third-order valence-electron chi connectivity index (χ3n) is 3.54. The summed E-state index contributed by atoms with van der Waals surface area (Å²) in [5.41, 5.74) is 0.937. The maximum Gasteiger partial charge on any atom is 0.415 e. The van der Waals surface area contributed by atoms with Gasteiger partial charge in [-0.05, 0) is 26.4 Å². The van der Waals surface area contributed by atoms with Gasteiger partial charge in [-0.1, -0.05) is 0 Å². The fourth-order valence-electron chi connectivity index (χ4n) is 2.55. The lowest BCUT2D eigenvalue weighted by atomic mass is 10.1. The van der Waals surface area contributed by atoms with Gasteiger partial charge in [-0.3, -0.25) is 14.8 Å². The summed E-state index contributed by atoms with van der Waals surface area (Å²) in [5.74, 6) is 0.593. The van der Waals surface area contributed by atoms with Crippen LogP contribution in [0.25, 0.3) is 0 Å². The Labute approximate surface area is 106 Å². The van der Waals surface area contributed by atoms with Crippen molar-refractivity contribution in [2.75, 3.05) is 31.6 Å². The maximum atomic E-state index is 11.5. The van der Waals surface area contributed by atoms with Crippen LogP contribution >= 0.6 is 0 Å². The molecule has 2 aliphatic rings. The standard InChI is InChI=1S/C12H16N4O2/c1-15-4-2-3-10(15)9-7-13-8-11(14-9)16-5-6-18-12(16)17/h7-8,10H,2-6H2,1H3/t10-/m1/s1. The van der Waals surface area contributed by atoms with Gasteiger partial charge in [0.25, 0.3) is 0 Å². The third-order valence-corrected chi connectivity index (χ3v) is 3.54. The number of ether oxygens (including phenoxy) is 1. The molecule has 1 aromatic heterocycles. The molecule has 0 unspecified atom stereocenters. The predicted octanol–water partition coefficient (Wildman–Crippen LogP) is 1.20. The molecule has 1 atom stereocenters. The second kappa shape index (κ2) is 4.53. The van der Waals surface area contributed by atoms with Crippen LogP contribution < -0.4 is 4.90 Å². The van der Waals surface area contributed by atoms with Crippen LogP contribution in [0.1, 0.15) is 24.6 Å². The summed E-state index contributed by atoms with van der Waals surface area (Å²) in [4.78, 5) is 24.1. The van der Waals surface area contributed by atoms with Crippen LogP contribution in [0.2, 0.25) is 0 Å². The van der Waals surface area contributed by atoms with E-state index in [1.807, 2.05) is 0 Å². The van der Waals surface area contributed by atoms with E-state index in [0.717, 1.165) is 18.7 Å². The lowest BCUT2D eigenvalue weighted by molar-refractivity contribution is 0.181. The van der Waals surface area contributed by atoms with E-state index >= 15 is 0 Å². The quantitative estimate of drug-likeness (QED) is 0.787. The van der Waals surface area contributed by atoms with E-state index in [-0.39, 0.29) is 6.09 Å². The van der Waals surface area contributed by atoms with Gasteiger partial charge >= 0.3 is 6.09 Å². The van der Waals surface area contributed by atoms with Gasteiger partial charge in [0.05, 0.1) is 30.7 Å². The molecule has 96 valence electrons. The van der Waals surface area contributed by atoms with Gasteiger partial charge in [0.2, 0.25) is 0 Å². The molecule has 0 saturated carbocycles. The average Bonchev–Trinajstić information content (AvgIpc) is 2.98. The minimum absolute atomic E-state index is 0.316. The molecular weight excluding hydrogens is 232 g/mol. The molecule has 0 spiro atoms. The van der Waals surface area contributed by atoms with E-state index in [9.17, 15) is 4.79 Å². The Balaban J connectivity index is 1.87. The van der Waals surface area contributed by atoms with E-state index in [0.29, 0.717) is 25.0 Å². The molecule has 0 radical (unpaired) electrons. The van der Waals surface area contributed by atoms with Crippen LogP contribution in [0.5, 0.6) is 0 Å². The molecule has 6 heteroatoms. The monoisotopic (exact) mass is 248 g/mol. The first-order chi connectivity index (χ1) is 8.75. The fraction of sp³-hybridized carbons (Fsp3) is 0.583. The number of carbonyl (C=O) groups excluding carboxylic acids is 1. The van der Waals surface area contributed by atoms with Gasteiger partial charge in [-0.2, -0.15) is 0 Å². The Morgan fingerprint density at radius 3 is 2.94 bits per heavy atom. The summed E-state index contributed by atoms with van der Waals surface area (Å²) >= 11 is 0. The second-order valence-corrected chi connectivity index (χ2v) is 4.71. The van der Waals surface area contributed by atoms with Gasteiger partial charge in [0.1, 0.15) is 6.61 Å². The first kappa shape index (κ1) is 11.4. The first-order valence-corrected chi connectivity index (χ1v) is 6.22. The Bertz CT molecular complexity index is 465. The number of hydrogen-bond acceptors (Lipinski definition) is 5. The lowest BCUT2D eigenvalue weighted by Crippen LogP contribution is -2.26. The van der Waals surface area contributed by atoms with E-state index in [1.165, 1.54) is 11.3 Å². The smallest absolute Gasteiger partial charge is 0.415 e. The highest BCUT2D eigenvalue weighted by Crippen LogP contribution is 2.29. The molecule has 2 fully saturated rings. The van der Waals surface area contributed by atoms with Gasteiger partial charge in [0.15, 0.2) is 5.82 Å². The number of aromatic nitrogens is 2. The van der Waals surface area contributed by atoms with E-state index in [2.05, 4.69) is 21.9 Å². The van der Waals surface area contributed by atoms with Gasteiger partial charge in [-0.15, -0.1) is 0 Å². The summed E-state index contributed by atoms with van der Waals surface area (Å²) in [7, 11) is 2.09. The topological polar surface area (TPSA) is 58.6 Å². The Morgan fingerprint density at radius 1 is 1.39 bits per heavy atom. The van der Waals surface area contributed by atoms with E-state index < -0.39 is 0 Å². The minimum atomic E-state index is -0.332. The zero-order valence-electron chi connectivity index (χ0n) is 10.4. The van der Waals surface area contributed by atoms with Crippen molar-refractivity contribution in [2.45, 2.75) is 18.9 Å². The van der Waals surface area contributed by atoms with Crippen molar-refractivity contribution >= 4 is 11.9 Å². The van der Waals surface area contributed by atoms with Crippen LogP contribution in [0.4, 0.5) is 10.6 Å². The SMILES string of the molecule is CN1CCC[C@@H]1c1cncc(N2CCOC2=O)n1. The van der Waals surface area contributed by atoms with E-state index in [1.54, 1.807) is 12.4 Å². The first-order valence-electron chi connectivity index (χ1n) is 6.22. The molecule has 1 amide bonds. The van der Waals surface area contributed by atoms with Crippen molar-refractivity contribution in [1.82, 2.24) is 14.9 Å². The number of anilines is 1. The number of amides is 1. The third kappa shape index (κ3) is 1.92. The van der Waals surface area contributed by atoms with Crippen molar-refractivity contribution in [3.8, 4) is 0 Å². The van der Waals surface area contributed by atoms with Crippen LogP contribution in [-0.4, -0.2) is 47.7 Å². The molecule has 0 bridgehead atoms. The molecule has 18 heavy (non-hydrogen) atoms. The van der Waals surface area contributed by atoms with Crippen molar-refractivity contribution in [3.05, 3.63) is 18.1 Å². The summed E-state index contributed by atoms with van der Waals surface area (Å²) in [6.07, 6.45) is 5.35. The number of nitrogens with zero attached hydrogens (tertiary/aromatic N) is 4. The molecule has 2 saturated heterocycles. The minimum Gasteiger partial charge on any atom is -0.447 e. The van der Waals surface area contributed by atoms with Crippen molar-refractivity contribution in [2.24, 2.45) is 0 Å². The van der Waals surface area contributed by atoms with Crippen LogP contribution in [0.15, 0.2) is 12.4 Å². The van der Waals surface area contributed by atoms with E-state index in [4.69, 9.17) is 4.74 Å². The summed E-state index contributed by atoms with van der Waals surface area (Å²) in [5, 5.41) is 0. The summed E-state index contributed by atoms with van der Waals surface area (Å²) < 4.78 is 4.92. The molecule has 1 aromatic rings. The highest BCUT2D eigenvalue weighted by Gasteiger charge is 2.28. The largest absolute Gasteiger partial charge is 0.447 e. The number of carbonyl (C=O) groups is 1. The number of hydrogen-bond donors (Lipinski definition) is 0. The zero-order valence-corrected chi connectivity index (χ0v) is 10.4. The predicted molar refractivity (Wildman–Crippen MR) is 65.3 cm³/mol. The lowest BCUT2D eigenvalue weighted by Gasteiger charge is -2.20. The van der Waals surface area contributed by atoms with Gasteiger partial charge in [-0.25, -0.2) is 9.78 Å². The molecular formula is C12H16N4O2. The average molecular weight is 248 g/mol. The molecule has 3 rings (SSSR count). The molecule has 0 aromatic carbocycles. The van der Waals surface area contributed by atoms with Crippen LogP contribution in [0.3, 0.4) is 0 Å². The molecule has 2 aliphatic heterocycles. The number of rotatable bonds is 2.